The zero-order valence-electron chi connectivity index (χ0n) is 5.94. The third-order valence-electron chi connectivity index (χ3n) is 1.30. The van der Waals surface area contributed by atoms with E-state index in [4.69, 9.17) is 21.8 Å². The molecule has 1 rings (SSSR count). The molecule has 1 heterocycles. The Labute approximate surface area is 73.4 Å². The molecule has 0 saturated carbocycles. The second-order valence-electron chi connectivity index (χ2n) is 2.16. The highest BCUT2D eigenvalue weighted by Crippen LogP contribution is 2.13. The zero-order valence-corrected chi connectivity index (χ0v) is 6.69. The summed E-state index contributed by atoms with van der Waals surface area (Å²) in [4.78, 5) is 13.9. The topological polar surface area (TPSA) is 70.4 Å². The Kier molecular flexibility index (Phi) is 2.62. The van der Waals surface area contributed by atoms with Crippen LogP contribution >= 0.6 is 11.6 Å². The molecular weight excluding hydrogens is 182 g/mol. The van der Waals surface area contributed by atoms with E-state index in [1.54, 1.807) is 0 Å². The lowest BCUT2D eigenvalue weighted by atomic mass is 10.2. The van der Waals surface area contributed by atoms with Crippen LogP contribution in [0, 0.1) is 0 Å². The minimum Gasteiger partial charge on any atom is -0.479 e. The summed E-state index contributed by atoms with van der Waals surface area (Å²) >= 11 is 5.46. The first-order chi connectivity index (χ1) is 5.61. The lowest BCUT2D eigenvalue weighted by molar-refractivity contribution is -0.146. The quantitative estimate of drug-likeness (QED) is 0.674. The molecule has 1 aromatic heterocycles. The van der Waals surface area contributed by atoms with Gasteiger partial charge in [-0.2, -0.15) is 0 Å². The van der Waals surface area contributed by atoms with Crippen LogP contribution < -0.4 is 0 Å². The van der Waals surface area contributed by atoms with E-state index in [2.05, 4.69) is 4.98 Å². The molecule has 0 aliphatic carbocycles. The van der Waals surface area contributed by atoms with Gasteiger partial charge in [0.05, 0.1) is 0 Å². The van der Waals surface area contributed by atoms with Gasteiger partial charge in [0.15, 0.2) is 6.10 Å². The van der Waals surface area contributed by atoms with Crippen LogP contribution in [-0.2, 0) is 4.79 Å². The van der Waals surface area contributed by atoms with Crippen molar-refractivity contribution in [3.05, 3.63) is 29.0 Å². The van der Waals surface area contributed by atoms with Crippen LogP contribution in [0.5, 0.6) is 0 Å². The molecule has 2 N–H and O–H groups in total. The number of nitrogens with zero attached hydrogens (tertiary/aromatic N) is 1. The number of halogens is 1. The van der Waals surface area contributed by atoms with Gasteiger partial charge in [-0.3, -0.25) is 0 Å². The van der Waals surface area contributed by atoms with Gasteiger partial charge in [-0.05, 0) is 6.07 Å². The largest absolute Gasteiger partial charge is 0.479 e. The minimum absolute atomic E-state index is 0.215. The fraction of sp³-hybridized carbons (Fsp3) is 0.143. The monoisotopic (exact) mass is 187 g/mol. The van der Waals surface area contributed by atoms with Crippen LogP contribution in [0.25, 0.3) is 0 Å². The second kappa shape index (κ2) is 3.51. The Bertz CT molecular complexity index is 285. The first kappa shape index (κ1) is 8.96. The average molecular weight is 188 g/mol. The molecule has 0 aliphatic rings. The predicted octanol–water partition coefficient (Wildman–Crippen LogP) is 0.853. The van der Waals surface area contributed by atoms with Crippen molar-refractivity contribution in [1.29, 1.82) is 0 Å². The summed E-state index contributed by atoms with van der Waals surface area (Å²) < 4.78 is 0. The van der Waals surface area contributed by atoms with Gasteiger partial charge in [0, 0.05) is 11.8 Å². The number of carbonyl (C=O) groups is 1. The summed E-state index contributed by atoms with van der Waals surface area (Å²) in [6, 6.07) is 2.83. The van der Waals surface area contributed by atoms with Gasteiger partial charge in [-0.25, -0.2) is 9.78 Å². The van der Waals surface area contributed by atoms with Crippen LogP contribution in [0.15, 0.2) is 18.3 Å². The fourth-order valence-electron chi connectivity index (χ4n) is 0.692. The predicted molar refractivity (Wildman–Crippen MR) is 41.8 cm³/mol. The smallest absolute Gasteiger partial charge is 0.337 e. The molecule has 0 aromatic carbocycles. The highest BCUT2D eigenvalue weighted by atomic mass is 35.5. The number of aromatic nitrogens is 1. The molecule has 0 fully saturated rings. The summed E-state index contributed by atoms with van der Waals surface area (Å²) in [6.07, 6.45) is -0.309. The number of aliphatic hydroxyl groups is 1. The van der Waals surface area contributed by atoms with E-state index in [1.807, 2.05) is 0 Å². The molecule has 1 atom stereocenters. The maximum Gasteiger partial charge on any atom is 0.337 e. The summed E-state index contributed by atoms with van der Waals surface area (Å²) in [7, 11) is 0. The Balaban J connectivity index is 2.89. The van der Waals surface area contributed by atoms with E-state index in [9.17, 15) is 4.79 Å². The van der Waals surface area contributed by atoms with Crippen molar-refractivity contribution < 1.29 is 15.0 Å². The molecule has 5 heteroatoms. The van der Waals surface area contributed by atoms with E-state index in [0.717, 1.165) is 0 Å². The van der Waals surface area contributed by atoms with E-state index < -0.39 is 12.1 Å². The fourth-order valence-corrected chi connectivity index (χ4v) is 0.803. The first-order valence-electron chi connectivity index (χ1n) is 3.13. The standard InChI is InChI=1S/C7H6ClNO3/c8-5-2-1-4(3-9-5)6(10)7(11)12/h1-3,6,10H,(H,11,12). The Morgan fingerprint density at radius 1 is 1.58 bits per heavy atom. The third-order valence-corrected chi connectivity index (χ3v) is 1.52. The molecule has 12 heavy (non-hydrogen) atoms. The number of aliphatic hydroxyl groups excluding tert-OH is 1. The maximum absolute atomic E-state index is 10.3. The van der Waals surface area contributed by atoms with Crippen LogP contribution in [0.4, 0.5) is 0 Å². The number of carboxylic acids is 1. The number of rotatable bonds is 2. The van der Waals surface area contributed by atoms with Crippen LogP contribution in [0.2, 0.25) is 5.15 Å². The zero-order chi connectivity index (χ0) is 9.14. The van der Waals surface area contributed by atoms with Gasteiger partial charge >= 0.3 is 5.97 Å². The van der Waals surface area contributed by atoms with Gasteiger partial charge in [-0.15, -0.1) is 0 Å². The molecule has 4 nitrogen and oxygen atoms in total. The third kappa shape index (κ3) is 1.93. The van der Waals surface area contributed by atoms with E-state index in [0.29, 0.717) is 0 Å². The molecule has 64 valence electrons. The first-order valence-corrected chi connectivity index (χ1v) is 3.51. The Morgan fingerprint density at radius 3 is 2.67 bits per heavy atom. The van der Waals surface area contributed by atoms with Crippen LogP contribution in [0.3, 0.4) is 0 Å². The van der Waals surface area contributed by atoms with E-state index in [-0.39, 0.29) is 10.7 Å². The summed E-state index contributed by atoms with van der Waals surface area (Å²) in [5.74, 6) is -1.31. The average Bonchev–Trinajstić information content (AvgIpc) is 2.04. The molecule has 0 spiro atoms. The molecule has 1 aromatic rings. The highest BCUT2D eigenvalue weighted by molar-refractivity contribution is 6.29. The lowest BCUT2D eigenvalue weighted by Gasteiger charge is -2.03. The number of hydrogen-bond acceptors (Lipinski definition) is 3. The summed E-state index contributed by atoms with van der Waals surface area (Å²) in [5, 5.41) is 17.7. The van der Waals surface area contributed by atoms with Crippen molar-refractivity contribution in [2.45, 2.75) is 6.10 Å². The number of hydrogen-bond donors (Lipinski definition) is 2. The Morgan fingerprint density at radius 2 is 2.25 bits per heavy atom. The molecule has 1 unspecified atom stereocenters. The summed E-state index contributed by atoms with van der Waals surface area (Å²) in [5.41, 5.74) is 0.215. The van der Waals surface area contributed by atoms with Crippen molar-refractivity contribution in [3.8, 4) is 0 Å². The number of pyridine rings is 1. The van der Waals surface area contributed by atoms with Gasteiger partial charge < -0.3 is 10.2 Å². The van der Waals surface area contributed by atoms with Crippen molar-refractivity contribution in [2.75, 3.05) is 0 Å². The minimum atomic E-state index is -1.53. The molecule has 0 radical (unpaired) electrons. The van der Waals surface area contributed by atoms with Crippen molar-refractivity contribution in [3.63, 3.8) is 0 Å². The van der Waals surface area contributed by atoms with Gasteiger partial charge in [0.25, 0.3) is 0 Å². The lowest BCUT2D eigenvalue weighted by Crippen LogP contribution is -2.10. The van der Waals surface area contributed by atoms with Gasteiger partial charge in [0.2, 0.25) is 0 Å². The van der Waals surface area contributed by atoms with Gasteiger partial charge in [-0.1, -0.05) is 17.7 Å². The Hall–Kier alpha value is -1.13. The normalized spacial score (nSPS) is 12.5. The molecule has 0 saturated heterocycles. The highest BCUT2D eigenvalue weighted by Gasteiger charge is 2.15. The molecule has 0 aliphatic heterocycles. The van der Waals surface area contributed by atoms with Crippen molar-refractivity contribution >= 4 is 17.6 Å². The van der Waals surface area contributed by atoms with Crippen LogP contribution in [0.1, 0.15) is 11.7 Å². The van der Waals surface area contributed by atoms with Crippen LogP contribution in [-0.4, -0.2) is 21.2 Å². The molecule has 0 bridgehead atoms. The van der Waals surface area contributed by atoms with Gasteiger partial charge in [0.1, 0.15) is 5.15 Å². The van der Waals surface area contributed by atoms with E-state index in [1.165, 1.54) is 18.3 Å². The second-order valence-corrected chi connectivity index (χ2v) is 2.54. The van der Waals surface area contributed by atoms with E-state index >= 15 is 0 Å². The molecular formula is C7H6ClNO3. The number of aliphatic carboxylic acids is 1. The SMILES string of the molecule is O=C(O)C(O)c1ccc(Cl)nc1. The van der Waals surface area contributed by atoms with Crippen molar-refractivity contribution in [2.24, 2.45) is 0 Å². The summed E-state index contributed by atoms with van der Waals surface area (Å²) in [6.45, 7) is 0. The molecule has 0 amide bonds. The van der Waals surface area contributed by atoms with Crippen molar-refractivity contribution in [1.82, 2.24) is 4.98 Å². The maximum atomic E-state index is 10.3. The number of carboxylic acid groups (broad SMARTS) is 1.